The van der Waals surface area contributed by atoms with Crippen LogP contribution in [0.2, 0.25) is 0 Å². The Balaban J connectivity index is 0.00000242. The minimum Gasteiger partial charge on any atom is -0.790 e. The Labute approximate surface area is 182 Å². The van der Waals surface area contributed by atoms with E-state index >= 15 is 0 Å². The van der Waals surface area contributed by atoms with E-state index in [1.54, 1.807) is 0 Å². The van der Waals surface area contributed by atoms with Crippen LogP contribution in [0.3, 0.4) is 0 Å². The van der Waals surface area contributed by atoms with Crippen LogP contribution in [0.5, 0.6) is 0 Å². The van der Waals surface area contributed by atoms with Gasteiger partial charge in [-0.15, -0.1) is 0 Å². The van der Waals surface area contributed by atoms with Crippen LogP contribution in [0.1, 0.15) is 12.6 Å². The molecule has 0 amide bonds. The first-order chi connectivity index (χ1) is 9.67. The van der Waals surface area contributed by atoms with E-state index in [-0.39, 0.29) is 70.0 Å². The van der Waals surface area contributed by atoms with Gasteiger partial charge in [0.05, 0.1) is 25.0 Å². The number of hydrogen-bond donors (Lipinski definition) is 2. The third-order valence-electron chi connectivity index (χ3n) is 2.84. The van der Waals surface area contributed by atoms with Gasteiger partial charge in [0.1, 0.15) is 12.3 Å². The molecule has 0 spiro atoms. The Kier molecular flexibility index (Phi) is 10.3. The molecule has 1 aliphatic heterocycles. The normalized spacial score (nSPS) is 23.9. The molecule has 1 aromatic heterocycles. The molecular weight excluding hydrogens is 421 g/mol. The van der Waals surface area contributed by atoms with Crippen LogP contribution < -0.4 is 80.2 Å². The van der Waals surface area contributed by atoms with Gasteiger partial charge in [0.15, 0.2) is 0 Å². The molecule has 118 valence electrons. The minimum absolute atomic E-state index is 0. The predicted molar refractivity (Wildman–Crippen MR) is 67.1 cm³/mol. The molecule has 1 aromatic rings. The number of aromatic amines is 1. The van der Waals surface area contributed by atoms with Crippen molar-refractivity contribution in [1.82, 2.24) is 9.55 Å². The fourth-order valence-corrected chi connectivity index (χ4v) is 2.52. The zero-order chi connectivity index (χ0) is 15.8. The summed E-state index contributed by atoms with van der Waals surface area (Å²) in [4.78, 5) is 45.7. The van der Waals surface area contributed by atoms with Gasteiger partial charge in [0.25, 0.3) is 5.56 Å². The van der Waals surface area contributed by atoms with Crippen molar-refractivity contribution in [3.8, 4) is 0 Å². The number of phosphoric acid groups is 1. The van der Waals surface area contributed by atoms with Crippen molar-refractivity contribution in [2.45, 2.75) is 24.9 Å². The average Bonchev–Trinajstić information content (AvgIpc) is 2.72. The van der Waals surface area contributed by atoms with Gasteiger partial charge >= 0.3 is 64.8 Å². The number of hydrogen-bond acceptors (Lipinski definition) is 8. The van der Waals surface area contributed by atoms with Crippen molar-refractivity contribution in [3.63, 3.8) is 0 Å². The van der Waals surface area contributed by atoms with Crippen LogP contribution in [0.4, 0.5) is 0 Å². The van der Waals surface area contributed by atoms with E-state index in [9.17, 15) is 29.0 Å². The fourth-order valence-electron chi connectivity index (χ4n) is 1.88. The standard InChI is InChI=1S/C9H12BrN2O8P.2Na/c10-4-2-12(9(15)11-8(4)14)7-1-5(13)6(20-7)3-19-21(16,17)18;;/h2,5-7,13H,1,3H2,(H,11,14,15)(H2,16,17,18);;/q;2*+1/p-2/t5-,6+,7+;;/m0../s1. The molecule has 1 saturated heterocycles. The average molecular weight is 431 g/mol. The summed E-state index contributed by atoms with van der Waals surface area (Å²) in [5, 5.41) is 9.73. The van der Waals surface area contributed by atoms with Crippen molar-refractivity contribution in [3.05, 3.63) is 31.5 Å². The second kappa shape index (κ2) is 9.77. The molecule has 2 heterocycles. The molecule has 14 heteroatoms. The monoisotopic (exact) mass is 430 g/mol. The largest absolute Gasteiger partial charge is 1.00 e. The van der Waals surface area contributed by atoms with Crippen molar-refractivity contribution in [2.24, 2.45) is 0 Å². The van der Waals surface area contributed by atoms with Gasteiger partial charge in [0.2, 0.25) is 0 Å². The SMILES string of the molecule is O=c1[nH]c(=O)n([C@H]2C[C@H](O)[C@@H](COP(=O)([O-])[O-])O2)cc1Br.[Na+].[Na+]. The first-order valence-corrected chi connectivity index (χ1v) is 7.94. The Morgan fingerprint density at radius 2 is 2.09 bits per heavy atom. The summed E-state index contributed by atoms with van der Waals surface area (Å²) >= 11 is 2.95. The molecule has 23 heavy (non-hydrogen) atoms. The number of ether oxygens (including phenoxy) is 1. The van der Waals surface area contributed by atoms with E-state index in [1.807, 2.05) is 4.98 Å². The van der Waals surface area contributed by atoms with Gasteiger partial charge in [-0.2, -0.15) is 0 Å². The first-order valence-electron chi connectivity index (χ1n) is 5.68. The summed E-state index contributed by atoms with van der Waals surface area (Å²) in [7, 11) is -5.17. The third-order valence-corrected chi connectivity index (χ3v) is 3.87. The summed E-state index contributed by atoms with van der Waals surface area (Å²) in [6.07, 6.45) is -1.97. The number of rotatable bonds is 4. The second-order valence-electron chi connectivity index (χ2n) is 4.32. The minimum atomic E-state index is -5.17. The molecule has 0 unspecified atom stereocenters. The molecule has 0 radical (unpaired) electrons. The number of nitrogens with zero attached hydrogens (tertiary/aromatic N) is 1. The molecule has 0 aromatic carbocycles. The van der Waals surface area contributed by atoms with Gasteiger partial charge in [-0.25, -0.2) is 4.79 Å². The zero-order valence-electron chi connectivity index (χ0n) is 12.3. The van der Waals surface area contributed by atoms with Crippen LogP contribution in [-0.4, -0.2) is 33.5 Å². The second-order valence-corrected chi connectivity index (χ2v) is 6.33. The van der Waals surface area contributed by atoms with Gasteiger partial charge in [0, 0.05) is 12.6 Å². The maximum absolute atomic E-state index is 11.7. The zero-order valence-corrected chi connectivity index (χ0v) is 18.8. The number of aliphatic hydroxyl groups excluding tert-OH is 1. The summed E-state index contributed by atoms with van der Waals surface area (Å²) < 4.78 is 20.8. The molecular formula is C9H10BrN2Na2O8P. The summed E-state index contributed by atoms with van der Waals surface area (Å²) in [5.74, 6) is 0. The van der Waals surface area contributed by atoms with Crippen LogP contribution in [0.25, 0.3) is 0 Å². The fraction of sp³-hybridized carbons (Fsp3) is 0.556. The summed E-state index contributed by atoms with van der Waals surface area (Å²) in [6, 6.07) is 0. The summed E-state index contributed by atoms with van der Waals surface area (Å²) in [5.41, 5.74) is -1.37. The van der Waals surface area contributed by atoms with E-state index in [1.165, 1.54) is 6.20 Å². The maximum Gasteiger partial charge on any atom is 1.00 e. The van der Waals surface area contributed by atoms with E-state index in [4.69, 9.17) is 4.74 Å². The molecule has 2 rings (SSSR count). The van der Waals surface area contributed by atoms with Crippen molar-refractivity contribution in [1.29, 1.82) is 0 Å². The molecule has 0 saturated carbocycles. The van der Waals surface area contributed by atoms with Crippen LogP contribution in [0, 0.1) is 0 Å². The number of phosphoric ester groups is 1. The van der Waals surface area contributed by atoms with Crippen molar-refractivity contribution in [2.75, 3.05) is 6.61 Å². The van der Waals surface area contributed by atoms with Gasteiger partial charge < -0.3 is 28.7 Å². The van der Waals surface area contributed by atoms with Crippen molar-refractivity contribution < 1.29 is 87.8 Å². The number of nitrogens with one attached hydrogen (secondary N) is 1. The number of aromatic nitrogens is 2. The quantitative estimate of drug-likeness (QED) is 0.352. The molecule has 0 bridgehead atoms. The van der Waals surface area contributed by atoms with Gasteiger partial charge in [-0.1, -0.05) is 0 Å². The van der Waals surface area contributed by atoms with E-state index in [2.05, 4.69) is 20.5 Å². The van der Waals surface area contributed by atoms with Gasteiger partial charge in [-0.3, -0.25) is 14.3 Å². The van der Waals surface area contributed by atoms with Crippen LogP contribution >= 0.6 is 23.8 Å². The maximum atomic E-state index is 11.7. The third kappa shape index (κ3) is 6.78. The molecule has 1 aliphatic rings. The Hall–Kier alpha value is 1.19. The van der Waals surface area contributed by atoms with Crippen molar-refractivity contribution >= 4 is 23.8 Å². The molecule has 10 nitrogen and oxygen atoms in total. The molecule has 3 atom stereocenters. The number of halogens is 1. The number of aliphatic hydroxyl groups is 1. The van der Waals surface area contributed by atoms with E-state index in [0.717, 1.165) is 4.57 Å². The predicted octanol–water partition coefficient (Wildman–Crippen LogP) is -8.20. The molecule has 2 N–H and O–H groups in total. The Morgan fingerprint density at radius 1 is 1.48 bits per heavy atom. The summed E-state index contributed by atoms with van der Waals surface area (Å²) in [6.45, 7) is -0.652. The van der Waals surface area contributed by atoms with E-state index < -0.39 is 44.1 Å². The van der Waals surface area contributed by atoms with E-state index in [0.29, 0.717) is 0 Å². The number of H-pyrrole nitrogens is 1. The first kappa shape index (κ1) is 24.2. The van der Waals surface area contributed by atoms with Gasteiger partial charge in [-0.05, 0) is 15.9 Å². The Bertz CT molecular complexity index is 691. The topological polar surface area (TPSA) is 157 Å². The van der Waals surface area contributed by atoms with Crippen LogP contribution in [-0.2, 0) is 13.8 Å². The molecule has 0 aliphatic carbocycles. The Morgan fingerprint density at radius 3 is 2.65 bits per heavy atom. The van der Waals surface area contributed by atoms with Crippen LogP contribution in [0.15, 0.2) is 20.3 Å². The molecule has 1 fully saturated rings. The smallest absolute Gasteiger partial charge is 0.790 e.